The minimum absolute atomic E-state index is 0.0622. The van der Waals surface area contributed by atoms with Crippen LogP contribution in [0.5, 0.6) is 0 Å². The van der Waals surface area contributed by atoms with Crippen molar-refractivity contribution >= 4 is 5.91 Å². The first-order valence-electron chi connectivity index (χ1n) is 8.20. The Hall–Kier alpha value is -2.16. The molecule has 23 heavy (non-hydrogen) atoms. The van der Waals surface area contributed by atoms with Crippen molar-refractivity contribution in [3.05, 3.63) is 71.0 Å². The molecule has 0 N–H and O–H groups in total. The number of rotatable bonds is 5. The molecule has 3 rings (SSSR count). The highest BCUT2D eigenvalue weighted by Gasteiger charge is 2.33. The molecule has 0 aliphatic heterocycles. The van der Waals surface area contributed by atoms with Crippen molar-refractivity contribution in [3.63, 3.8) is 0 Å². The van der Waals surface area contributed by atoms with E-state index in [-0.39, 0.29) is 11.7 Å². The zero-order valence-electron chi connectivity index (χ0n) is 13.6. The summed E-state index contributed by atoms with van der Waals surface area (Å²) in [5.74, 6) is 0.271. The fourth-order valence-corrected chi connectivity index (χ4v) is 2.72. The first-order chi connectivity index (χ1) is 11.0. The zero-order chi connectivity index (χ0) is 16.4. The summed E-state index contributed by atoms with van der Waals surface area (Å²) in [6.45, 7) is 4.82. The topological polar surface area (TPSA) is 20.3 Å². The van der Waals surface area contributed by atoms with Crippen molar-refractivity contribution in [1.29, 1.82) is 0 Å². The van der Waals surface area contributed by atoms with Crippen LogP contribution in [0.3, 0.4) is 0 Å². The monoisotopic (exact) mass is 311 g/mol. The standard InChI is InChI=1S/C20H22FNO/c1-14(2)16-5-7-17(8-6-16)20(23)22(19-11-12-19)13-15-3-9-18(21)10-4-15/h3-10,14,19H,11-13H2,1-2H3. The lowest BCUT2D eigenvalue weighted by Gasteiger charge is -2.23. The van der Waals surface area contributed by atoms with Gasteiger partial charge in [-0.1, -0.05) is 38.1 Å². The molecule has 1 amide bonds. The van der Waals surface area contributed by atoms with Crippen LogP contribution < -0.4 is 0 Å². The lowest BCUT2D eigenvalue weighted by molar-refractivity contribution is 0.0730. The molecule has 3 heteroatoms. The van der Waals surface area contributed by atoms with Crippen molar-refractivity contribution in [2.75, 3.05) is 0 Å². The van der Waals surface area contributed by atoms with E-state index in [1.54, 1.807) is 12.1 Å². The van der Waals surface area contributed by atoms with E-state index in [9.17, 15) is 9.18 Å². The van der Waals surface area contributed by atoms with Crippen LogP contribution in [-0.4, -0.2) is 16.8 Å². The molecule has 0 spiro atoms. The van der Waals surface area contributed by atoms with E-state index >= 15 is 0 Å². The average Bonchev–Trinajstić information content (AvgIpc) is 3.38. The van der Waals surface area contributed by atoms with Crippen LogP contribution in [0.4, 0.5) is 4.39 Å². The van der Waals surface area contributed by atoms with E-state index in [0.29, 0.717) is 18.5 Å². The molecule has 1 fully saturated rings. The molecular formula is C20H22FNO. The number of hydrogen-bond donors (Lipinski definition) is 0. The summed E-state index contributed by atoms with van der Waals surface area (Å²) in [7, 11) is 0. The number of benzene rings is 2. The number of carbonyl (C=O) groups excluding carboxylic acids is 1. The number of carbonyl (C=O) groups is 1. The molecule has 2 aromatic rings. The summed E-state index contributed by atoms with van der Waals surface area (Å²) in [6.07, 6.45) is 2.11. The molecule has 0 unspecified atom stereocenters. The molecule has 2 aromatic carbocycles. The summed E-state index contributed by atoms with van der Waals surface area (Å²) in [5.41, 5.74) is 2.92. The Kier molecular flexibility index (Phi) is 4.46. The van der Waals surface area contributed by atoms with Crippen molar-refractivity contribution in [2.45, 2.75) is 45.2 Å². The molecule has 0 aromatic heterocycles. The molecule has 0 radical (unpaired) electrons. The van der Waals surface area contributed by atoms with Crippen LogP contribution in [0.25, 0.3) is 0 Å². The number of nitrogens with zero attached hydrogens (tertiary/aromatic N) is 1. The SMILES string of the molecule is CC(C)c1ccc(C(=O)N(Cc2ccc(F)cc2)C2CC2)cc1. The van der Waals surface area contributed by atoms with Gasteiger partial charge in [0.2, 0.25) is 0 Å². The maximum atomic E-state index is 13.0. The number of halogens is 1. The van der Waals surface area contributed by atoms with Crippen LogP contribution in [0.15, 0.2) is 48.5 Å². The van der Waals surface area contributed by atoms with E-state index < -0.39 is 0 Å². The Balaban J connectivity index is 1.77. The molecule has 1 aliphatic carbocycles. The molecular weight excluding hydrogens is 289 g/mol. The van der Waals surface area contributed by atoms with Crippen molar-refractivity contribution in [1.82, 2.24) is 4.90 Å². The van der Waals surface area contributed by atoms with Gasteiger partial charge < -0.3 is 4.90 Å². The first kappa shape index (κ1) is 15.7. The second kappa shape index (κ2) is 6.53. The van der Waals surface area contributed by atoms with Crippen molar-refractivity contribution in [2.24, 2.45) is 0 Å². The smallest absolute Gasteiger partial charge is 0.254 e. The normalized spacial score (nSPS) is 14.1. The summed E-state index contributed by atoms with van der Waals surface area (Å²) in [4.78, 5) is 14.7. The van der Waals surface area contributed by atoms with E-state index in [2.05, 4.69) is 13.8 Å². The van der Waals surface area contributed by atoms with Gasteiger partial charge in [-0.25, -0.2) is 4.39 Å². The van der Waals surface area contributed by atoms with Crippen LogP contribution in [0.1, 0.15) is 54.1 Å². The third-order valence-electron chi connectivity index (χ3n) is 4.34. The largest absolute Gasteiger partial charge is 0.331 e. The molecule has 0 heterocycles. The zero-order valence-corrected chi connectivity index (χ0v) is 13.6. The lowest BCUT2D eigenvalue weighted by Crippen LogP contribution is -2.32. The van der Waals surface area contributed by atoms with Gasteiger partial charge in [0.1, 0.15) is 5.82 Å². The summed E-state index contributed by atoms with van der Waals surface area (Å²) < 4.78 is 13.0. The van der Waals surface area contributed by atoms with Gasteiger partial charge in [-0.15, -0.1) is 0 Å². The highest BCUT2D eigenvalue weighted by Crippen LogP contribution is 2.30. The quantitative estimate of drug-likeness (QED) is 0.780. The molecule has 120 valence electrons. The van der Waals surface area contributed by atoms with Crippen LogP contribution in [0, 0.1) is 5.82 Å². The van der Waals surface area contributed by atoms with E-state index in [1.165, 1.54) is 17.7 Å². The van der Waals surface area contributed by atoms with Gasteiger partial charge in [-0.3, -0.25) is 4.79 Å². The molecule has 0 atom stereocenters. The van der Waals surface area contributed by atoms with E-state index in [0.717, 1.165) is 24.0 Å². The predicted octanol–water partition coefficient (Wildman–Crippen LogP) is 4.75. The van der Waals surface area contributed by atoms with E-state index in [1.807, 2.05) is 29.2 Å². The van der Waals surface area contributed by atoms with E-state index in [4.69, 9.17) is 0 Å². The maximum Gasteiger partial charge on any atom is 0.254 e. The predicted molar refractivity (Wildman–Crippen MR) is 89.8 cm³/mol. The fraction of sp³-hybridized carbons (Fsp3) is 0.350. The first-order valence-corrected chi connectivity index (χ1v) is 8.20. The molecule has 2 nitrogen and oxygen atoms in total. The van der Waals surface area contributed by atoms with Gasteiger partial charge in [0.05, 0.1) is 0 Å². The average molecular weight is 311 g/mol. The Morgan fingerprint density at radius 1 is 1.09 bits per heavy atom. The van der Waals surface area contributed by atoms with Gasteiger partial charge in [0.15, 0.2) is 0 Å². The van der Waals surface area contributed by atoms with Gasteiger partial charge in [0.25, 0.3) is 5.91 Å². The number of hydrogen-bond acceptors (Lipinski definition) is 1. The maximum absolute atomic E-state index is 13.0. The Morgan fingerprint density at radius 2 is 1.70 bits per heavy atom. The van der Waals surface area contributed by atoms with Crippen molar-refractivity contribution in [3.8, 4) is 0 Å². The summed E-state index contributed by atoms with van der Waals surface area (Å²) >= 11 is 0. The molecule has 1 aliphatic rings. The summed E-state index contributed by atoms with van der Waals surface area (Å²) in [6, 6.07) is 14.6. The van der Waals surface area contributed by atoms with Crippen LogP contribution in [-0.2, 0) is 6.54 Å². The van der Waals surface area contributed by atoms with Gasteiger partial charge in [-0.05, 0) is 54.2 Å². The molecule has 1 saturated carbocycles. The van der Waals surface area contributed by atoms with Crippen LogP contribution in [0.2, 0.25) is 0 Å². The fourth-order valence-electron chi connectivity index (χ4n) is 2.72. The number of amides is 1. The van der Waals surface area contributed by atoms with Gasteiger partial charge >= 0.3 is 0 Å². The van der Waals surface area contributed by atoms with Crippen molar-refractivity contribution < 1.29 is 9.18 Å². The Morgan fingerprint density at radius 3 is 2.22 bits per heavy atom. The molecule has 0 saturated heterocycles. The summed E-state index contributed by atoms with van der Waals surface area (Å²) in [5, 5.41) is 0. The Bertz CT molecular complexity index is 672. The third kappa shape index (κ3) is 3.79. The molecule has 0 bridgehead atoms. The Labute approximate surface area is 136 Å². The third-order valence-corrected chi connectivity index (χ3v) is 4.34. The van der Waals surface area contributed by atoms with Gasteiger partial charge in [0, 0.05) is 18.2 Å². The highest BCUT2D eigenvalue weighted by molar-refractivity contribution is 5.94. The lowest BCUT2D eigenvalue weighted by atomic mass is 10.0. The second-order valence-corrected chi connectivity index (χ2v) is 6.57. The second-order valence-electron chi connectivity index (χ2n) is 6.57. The highest BCUT2D eigenvalue weighted by atomic mass is 19.1. The minimum atomic E-state index is -0.248. The minimum Gasteiger partial charge on any atom is -0.331 e. The van der Waals surface area contributed by atoms with Gasteiger partial charge in [-0.2, -0.15) is 0 Å². The van der Waals surface area contributed by atoms with Crippen LogP contribution >= 0.6 is 0 Å².